The van der Waals surface area contributed by atoms with Gasteiger partial charge >= 0.3 is 0 Å². The molecule has 1 aromatic carbocycles. The largest absolute Gasteiger partial charge is 0.311 e. The topological polar surface area (TPSA) is 15.3 Å². The van der Waals surface area contributed by atoms with Gasteiger partial charge in [-0.2, -0.15) is 0 Å². The molecule has 1 N–H and O–H groups in total. The first-order valence-corrected chi connectivity index (χ1v) is 7.91. The molecule has 0 saturated carbocycles. The van der Waals surface area contributed by atoms with Crippen molar-refractivity contribution in [2.75, 3.05) is 13.1 Å². The van der Waals surface area contributed by atoms with Gasteiger partial charge in [0.25, 0.3) is 0 Å². The van der Waals surface area contributed by atoms with Gasteiger partial charge in [-0.25, -0.2) is 8.78 Å². The van der Waals surface area contributed by atoms with E-state index in [1.54, 1.807) is 6.07 Å². The van der Waals surface area contributed by atoms with Gasteiger partial charge in [-0.3, -0.25) is 4.90 Å². The van der Waals surface area contributed by atoms with Gasteiger partial charge in [-0.05, 0) is 36.5 Å². The van der Waals surface area contributed by atoms with Crippen molar-refractivity contribution in [3.63, 3.8) is 0 Å². The summed E-state index contributed by atoms with van der Waals surface area (Å²) in [7, 11) is 0. The van der Waals surface area contributed by atoms with E-state index < -0.39 is 11.6 Å². The molecule has 0 amide bonds. The highest BCUT2D eigenvalue weighted by atomic mass is 19.2. The van der Waals surface area contributed by atoms with Gasteiger partial charge in [0.2, 0.25) is 0 Å². The fourth-order valence-electron chi connectivity index (χ4n) is 3.12. The second-order valence-corrected chi connectivity index (χ2v) is 6.47. The molecule has 1 fully saturated rings. The second-order valence-electron chi connectivity index (χ2n) is 6.47. The Morgan fingerprint density at radius 2 is 2.05 bits per heavy atom. The molecule has 2 rings (SSSR count). The van der Waals surface area contributed by atoms with E-state index in [9.17, 15) is 8.78 Å². The molecule has 1 heterocycles. The maximum absolute atomic E-state index is 13.4. The molecule has 1 aliphatic heterocycles. The third-order valence-corrected chi connectivity index (χ3v) is 4.21. The zero-order chi connectivity index (χ0) is 15.4. The first-order valence-electron chi connectivity index (χ1n) is 7.91. The van der Waals surface area contributed by atoms with Crippen LogP contribution in [0.5, 0.6) is 0 Å². The Morgan fingerprint density at radius 1 is 1.29 bits per heavy atom. The van der Waals surface area contributed by atoms with Crippen LogP contribution in [0.3, 0.4) is 0 Å². The molecular weight excluding hydrogens is 270 g/mol. The van der Waals surface area contributed by atoms with E-state index in [2.05, 4.69) is 31.0 Å². The summed E-state index contributed by atoms with van der Waals surface area (Å²) in [5.74, 6) is -0.871. The Morgan fingerprint density at radius 3 is 2.67 bits per heavy atom. The number of piperazine rings is 1. The number of nitrogens with zero attached hydrogens (tertiary/aromatic N) is 1. The van der Waals surface area contributed by atoms with Gasteiger partial charge in [-0.15, -0.1) is 0 Å². The van der Waals surface area contributed by atoms with Crippen LogP contribution in [0.2, 0.25) is 0 Å². The van der Waals surface area contributed by atoms with Gasteiger partial charge < -0.3 is 5.32 Å². The summed E-state index contributed by atoms with van der Waals surface area (Å²) in [5.41, 5.74) is 0.845. The molecular formula is C17H26F2N2. The third-order valence-electron chi connectivity index (χ3n) is 4.21. The lowest BCUT2D eigenvalue weighted by Crippen LogP contribution is -2.56. The van der Waals surface area contributed by atoms with Crippen molar-refractivity contribution in [3.05, 3.63) is 35.4 Å². The molecule has 1 saturated heterocycles. The van der Waals surface area contributed by atoms with Crippen molar-refractivity contribution in [1.82, 2.24) is 10.2 Å². The lowest BCUT2D eigenvalue weighted by atomic mass is 9.98. The van der Waals surface area contributed by atoms with Crippen molar-refractivity contribution in [1.29, 1.82) is 0 Å². The standard InChI is InChI=1S/C17H26F2N2/c1-4-15-9-20-14(7-12(2)3)11-21(15)10-13-5-6-16(18)17(19)8-13/h5-6,8,12,14-15,20H,4,7,9-11H2,1-3H3. The summed E-state index contributed by atoms with van der Waals surface area (Å²) >= 11 is 0. The van der Waals surface area contributed by atoms with Crippen molar-refractivity contribution in [3.8, 4) is 0 Å². The van der Waals surface area contributed by atoms with Crippen LogP contribution >= 0.6 is 0 Å². The fourth-order valence-corrected chi connectivity index (χ4v) is 3.12. The lowest BCUT2D eigenvalue weighted by molar-refractivity contribution is 0.111. The Kier molecular flexibility index (Phi) is 5.71. The minimum atomic E-state index is -0.774. The average molecular weight is 296 g/mol. The van der Waals surface area contributed by atoms with E-state index in [0.717, 1.165) is 31.5 Å². The normalized spacial score (nSPS) is 23.7. The molecule has 21 heavy (non-hydrogen) atoms. The summed E-state index contributed by atoms with van der Waals surface area (Å²) in [6.07, 6.45) is 2.20. The molecule has 0 bridgehead atoms. The van der Waals surface area contributed by atoms with E-state index in [-0.39, 0.29) is 0 Å². The Labute approximate surface area is 126 Å². The van der Waals surface area contributed by atoms with Crippen LogP contribution in [0.4, 0.5) is 8.78 Å². The highest BCUT2D eigenvalue weighted by Gasteiger charge is 2.27. The molecule has 4 heteroatoms. The molecule has 0 aromatic heterocycles. The second kappa shape index (κ2) is 7.32. The van der Waals surface area contributed by atoms with Crippen LogP contribution in [0.1, 0.15) is 39.2 Å². The number of nitrogens with one attached hydrogen (secondary N) is 1. The van der Waals surface area contributed by atoms with Crippen molar-refractivity contribution in [2.45, 2.75) is 52.2 Å². The summed E-state index contributed by atoms with van der Waals surface area (Å²) in [5, 5.41) is 3.61. The van der Waals surface area contributed by atoms with Crippen LogP contribution in [-0.4, -0.2) is 30.1 Å². The summed E-state index contributed by atoms with van der Waals surface area (Å²) < 4.78 is 26.4. The molecule has 118 valence electrons. The molecule has 2 atom stereocenters. The molecule has 2 unspecified atom stereocenters. The predicted octanol–water partition coefficient (Wildman–Crippen LogP) is 3.56. The maximum Gasteiger partial charge on any atom is 0.159 e. The minimum Gasteiger partial charge on any atom is -0.311 e. The number of hydrogen-bond donors (Lipinski definition) is 1. The van der Waals surface area contributed by atoms with Crippen LogP contribution in [0, 0.1) is 17.6 Å². The summed E-state index contributed by atoms with van der Waals surface area (Å²) in [6, 6.07) is 5.17. The minimum absolute atomic E-state index is 0.460. The lowest BCUT2D eigenvalue weighted by Gasteiger charge is -2.40. The zero-order valence-electron chi connectivity index (χ0n) is 13.2. The van der Waals surface area contributed by atoms with E-state index >= 15 is 0 Å². The zero-order valence-corrected chi connectivity index (χ0v) is 13.2. The van der Waals surface area contributed by atoms with E-state index in [1.807, 2.05) is 0 Å². The number of hydrogen-bond acceptors (Lipinski definition) is 2. The Bertz CT molecular complexity index is 462. The number of rotatable bonds is 5. The quantitative estimate of drug-likeness (QED) is 0.893. The van der Waals surface area contributed by atoms with Gasteiger partial charge in [0.05, 0.1) is 0 Å². The highest BCUT2D eigenvalue weighted by Crippen LogP contribution is 2.19. The highest BCUT2D eigenvalue weighted by molar-refractivity contribution is 5.18. The fraction of sp³-hybridized carbons (Fsp3) is 0.647. The smallest absolute Gasteiger partial charge is 0.159 e. The Balaban J connectivity index is 2.04. The first kappa shape index (κ1) is 16.4. The maximum atomic E-state index is 13.4. The van der Waals surface area contributed by atoms with Crippen LogP contribution in [0.25, 0.3) is 0 Å². The van der Waals surface area contributed by atoms with Crippen molar-refractivity contribution >= 4 is 0 Å². The van der Waals surface area contributed by atoms with Crippen LogP contribution < -0.4 is 5.32 Å². The molecule has 1 aliphatic rings. The van der Waals surface area contributed by atoms with Gasteiger partial charge in [0, 0.05) is 31.7 Å². The van der Waals surface area contributed by atoms with Crippen LogP contribution in [0.15, 0.2) is 18.2 Å². The first-order chi connectivity index (χ1) is 9.99. The van der Waals surface area contributed by atoms with Gasteiger partial charge in [0.1, 0.15) is 0 Å². The van der Waals surface area contributed by atoms with Crippen molar-refractivity contribution < 1.29 is 8.78 Å². The van der Waals surface area contributed by atoms with Crippen molar-refractivity contribution in [2.24, 2.45) is 5.92 Å². The van der Waals surface area contributed by atoms with Gasteiger partial charge in [0.15, 0.2) is 11.6 Å². The summed E-state index contributed by atoms with van der Waals surface area (Å²) in [4.78, 5) is 2.40. The predicted molar refractivity (Wildman–Crippen MR) is 82.1 cm³/mol. The van der Waals surface area contributed by atoms with E-state index in [4.69, 9.17) is 0 Å². The van der Waals surface area contributed by atoms with E-state index in [1.165, 1.54) is 12.1 Å². The molecule has 1 aromatic rings. The third kappa shape index (κ3) is 4.48. The molecule has 2 nitrogen and oxygen atoms in total. The molecule has 0 aliphatic carbocycles. The summed E-state index contributed by atoms with van der Waals surface area (Å²) in [6.45, 7) is 9.26. The number of halogens is 2. The monoisotopic (exact) mass is 296 g/mol. The average Bonchev–Trinajstić information content (AvgIpc) is 2.43. The van der Waals surface area contributed by atoms with Gasteiger partial charge in [-0.1, -0.05) is 26.8 Å². The molecule has 0 spiro atoms. The molecule has 0 radical (unpaired) electrons. The number of benzene rings is 1. The Hall–Kier alpha value is -1.00. The SMILES string of the molecule is CCC1CNC(CC(C)C)CN1Cc1ccc(F)c(F)c1. The van der Waals surface area contributed by atoms with Crippen LogP contribution in [-0.2, 0) is 6.54 Å². The van der Waals surface area contributed by atoms with E-state index in [0.29, 0.717) is 24.5 Å².